The van der Waals surface area contributed by atoms with Gasteiger partial charge in [-0.3, -0.25) is 5.43 Å². The molecular weight excluding hydrogens is 302 g/mol. The SMILES string of the molecule is Cc1sc(N/N=C\C=C\c2ccccc2)nc1-c1ccccc1. The molecule has 3 rings (SSSR count). The van der Waals surface area contributed by atoms with Crippen LogP contribution in [0.15, 0.2) is 71.8 Å². The summed E-state index contributed by atoms with van der Waals surface area (Å²) in [6.07, 6.45) is 5.64. The highest BCUT2D eigenvalue weighted by molar-refractivity contribution is 7.15. The van der Waals surface area contributed by atoms with Crippen molar-refractivity contribution in [2.75, 3.05) is 5.43 Å². The highest BCUT2D eigenvalue weighted by Gasteiger charge is 2.08. The van der Waals surface area contributed by atoms with Crippen LogP contribution in [0.2, 0.25) is 0 Å². The smallest absolute Gasteiger partial charge is 0.204 e. The Morgan fingerprint density at radius 1 is 1.00 bits per heavy atom. The van der Waals surface area contributed by atoms with Gasteiger partial charge in [-0.05, 0) is 18.6 Å². The van der Waals surface area contributed by atoms with E-state index in [-0.39, 0.29) is 0 Å². The molecule has 0 aliphatic heterocycles. The van der Waals surface area contributed by atoms with Crippen molar-refractivity contribution in [3.8, 4) is 11.3 Å². The molecule has 3 nitrogen and oxygen atoms in total. The Kier molecular flexibility index (Phi) is 4.96. The van der Waals surface area contributed by atoms with Crippen molar-refractivity contribution in [2.24, 2.45) is 5.10 Å². The van der Waals surface area contributed by atoms with Gasteiger partial charge in [-0.25, -0.2) is 4.98 Å². The molecule has 0 aliphatic carbocycles. The minimum atomic E-state index is 0.797. The van der Waals surface area contributed by atoms with Crippen molar-refractivity contribution >= 4 is 28.8 Å². The molecule has 0 atom stereocenters. The molecule has 23 heavy (non-hydrogen) atoms. The second-order valence-corrected chi connectivity index (χ2v) is 6.15. The Morgan fingerprint density at radius 3 is 2.43 bits per heavy atom. The number of thiazole rings is 1. The maximum absolute atomic E-state index is 4.61. The molecule has 114 valence electrons. The first-order valence-electron chi connectivity index (χ1n) is 7.36. The zero-order chi connectivity index (χ0) is 15.9. The van der Waals surface area contributed by atoms with Crippen molar-refractivity contribution in [1.29, 1.82) is 0 Å². The monoisotopic (exact) mass is 319 g/mol. The molecule has 0 amide bonds. The van der Waals surface area contributed by atoms with Crippen molar-refractivity contribution < 1.29 is 0 Å². The molecule has 2 aromatic carbocycles. The van der Waals surface area contributed by atoms with Gasteiger partial charge in [0.1, 0.15) is 0 Å². The number of hydrogen-bond acceptors (Lipinski definition) is 4. The lowest BCUT2D eigenvalue weighted by Crippen LogP contribution is -1.87. The summed E-state index contributed by atoms with van der Waals surface area (Å²) in [5.74, 6) is 0. The van der Waals surface area contributed by atoms with Gasteiger partial charge in [0, 0.05) is 16.7 Å². The third kappa shape index (κ3) is 4.14. The van der Waals surface area contributed by atoms with Crippen LogP contribution in [0.1, 0.15) is 10.4 Å². The maximum Gasteiger partial charge on any atom is 0.204 e. The van der Waals surface area contributed by atoms with Gasteiger partial charge in [0.05, 0.1) is 5.69 Å². The number of aromatic nitrogens is 1. The van der Waals surface area contributed by atoms with Crippen LogP contribution in [0.4, 0.5) is 5.13 Å². The number of nitrogens with zero attached hydrogens (tertiary/aromatic N) is 2. The highest BCUT2D eigenvalue weighted by atomic mass is 32.1. The minimum absolute atomic E-state index is 0.797. The third-order valence-corrected chi connectivity index (χ3v) is 4.13. The van der Waals surface area contributed by atoms with Gasteiger partial charge in [-0.2, -0.15) is 5.10 Å². The fraction of sp³-hybridized carbons (Fsp3) is 0.0526. The van der Waals surface area contributed by atoms with E-state index in [4.69, 9.17) is 0 Å². The summed E-state index contributed by atoms with van der Waals surface area (Å²) in [4.78, 5) is 5.78. The number of rotatable bonds is 5. The maximum atomic E-state index is 4.61. The summed E-state index contributed by atoms with van der Waals surface area (Å²) >= 11 is 1.60. The number of nitrogens with one attached hydrogen (secondary N) is 1. The van der Waals surface area contributed by atoms with E-state index in [0.29, 0.717) is 0 Å². The average Bonchev–Trinajstić information content (AvgIpc) is 2.97. The van der Waals surface area contributed by atoms with Gasteiger partial charge >= 0.3 is 0 Å². The normalized spacial score (nSPS) is 11.3. The van der Waals surface area contributed by atoms with Crippen LogP contribution in [0.5, 0.6) is 0 Å². The molecule has 0 saturated heterocycles. The number of hydrogen-bond donors (Lipinski definition) is 1. The summed E-state index contributed by atoms with van der Waals surface area (Å²) in [7, 11) is 0. The first-order valence-corrected chi connectivity index (χ1v) is 8.18. The summed E-state index contributed by atoms with van der Waals surface area (Å²) in [6, 6.07) is 20.3. The van der Waals surface area contributed by atoms with Crippen molar-refractivity contribution in [3.63, 3.8) is 0 Å². The van der Waals surface area contributed by atoms with Crippen LogP contribution in [0.25, 0.3) is 17.3 Å². The largest absolute Gasteiger partial charge is 0.253 e. The fourth-order valence-corrected chi connectivity index (χ4v) is 2.95. The van der Waals surface area contributed by atoms with E-state index in [9.17, 15) is 0 Å². The molecule has 0 unspecified atom stereocenters. The van der Waals surface area contributed by atoms with Crippen LogP contribution in [-0.2, 0) is 0 Å². The molecular formula is C19H17N3S. The number of hydrazone groups is 1. The predicted octanol–water partition coefficient (Wildman–Crippen LogP) is 5.23. The molecule has 1 aromatic heterocycles. The Labute approximate surface area is 140 Å². The molecule has 0 bridgehead atoms. The molecule has 0 spiro atoms. The van der Waals surface area contributed by atoms with Gasteiger partial charge in [-0.15, -0.1) is 11.3 Å². The van der Waals surface area contributed by atoms with E-state index in [2.05, 4.69) is 34.6 Å². The summed E-state index contributed by atoms with van der Waals surface area (Å²) in [5, 5.41) is 4.99. The topological polar surface area (TPSA) is 37.3 Å². The second kappa shape index (κ2) is 7.51. The Hall–Kier alpha value is -2.72. The van der Waals surface area contributed by atoms with E-state index in [0.717, 1.165) is 22.0 Å². The number of aryl methyl sites for hydroxylation is 1. The molecule has 0 saturated carbocycles. The Balaban J connectivity index is 1.63. The Bertz CT molecular complexity index is 805. The van der Waals surface area contributed by atoms with Gasteiger partial charge in [0.2, 0.25) is 5.13 Å². The quantitative estimate of drug-likeness (QED) is 0.516. The van der Waals surface area contributed by atoms with Gasteiger partial charge in [0.15, 0.2) is 0 Å². The number of benzene rings is 2. The molecule has 3 aromatic rings. The third-order valence-electron chi connectivity index (χ3n) is 3.25. The minimum Gasteiger partial charge on any atom is -0.253 e. The zero-order valence-corrected chi connectivity index (χ0v) is 13.6. The number of anilines is 1. The average molecular weight is 319 g/mol. The molecule has 1 heterocycles. The van der Waals surface area contributed by atoms with Crippen molar-refractivity contribution in [1.82, 2.24) is 4.98 Å². The zero-order valence-electron chi connectivity index (χ0n) is 12.8. The fourth-order valence-electron chi connectivity index (χ4n) is 2.16. The van der Waals surface area contributed by atoms with Crippen molar-refractivity contribution in [3.05, 3.63) is 77.2 Å². The molecule has 4 heteroatoms. The highest BCUT2D eigenvalue weighted by Crippen LogP contribution is 2.29. The number of allylic oxidation sites excluding steroid dienone is 1. The van der Waals surface area contributed by atoms with Gasteiger partial charge < -0.3 is 0 Å². The van der Waals surface area contributed by atoms with E-state index in [1.165, 1.54) is 4.88 Å². The van der Waals surface area contributed by atoms with E-state index < -0.39 is 0 Å². The molecule has 0 fully saturated rings. The molecule has 0 radical (unpaired) electrons. The lowest BCUT2D eigenvalue weighted by molar-refractivity contribution is 1.28. The van der Waals surface area contributed by atoms with Gasteiger partial charge in [0.25, 0.3) is 0 Å². The Morgan fingerprint density at radius 2 is 1.70 bits per heavy atom. The van der Waals surface area contributed by atoms with E-state index >= 15 is 0 Å². The van der Waals surface area contributed by atoms with Gasteiger partial charge in [-0.1, -0.05) is 66.7 Å². The first kappa shape index (κ1) is 15.2. The lowest BCUT2D eigenvalue weighted by Gasteiger charge is -1.96. The molecule has 1 N–H and O–H groups in total. The van der Waals surface area contributed by atoms with Crippen LogP contribution in [-0.4, -0.2) is 11.2 Å². The van der Waals surface area contributed by atoms with E-state index in [1.54, 1.807) is 17.6 Å². The second-order valence-electron chi connectivity index (χ2n) is 4.95. The van der Waals surface area contributed by atoms with Crippen LogP contribution < -0.4 is 5.43 Å². The molecule has 0 aliphatic rings. The predicted molar refractivity (Wildman–Crippen MR) is 99.9 cm³/mol. The van der Waals surface area contributed by atoms with Crippen LogP contribution in [0.3, 0.4) is 0 Å². The lowest BCUT2D eigenvalue weighted by atomic mass is 10.1. The summed E-state index contributed by atoms with van der Waals surface area (Å²) in [5.41, 5.74) is 6.27. The van der Waals surface area contributed by atoms with E-state index in [1.807, 2.05) is 60.7 Å². The standard InChI is InChI=1S/C19H17N3S/c1-15-18(17-12-6-3-7-13-17)21-19(23-15)22-20-14-8-11-16-9-4-2-5-10-16/h2-14H,1H3,(H,21,22)/b11-8+,20-14-. The van der Waals surface area contributed by atoms with Crippen LogP contribution in [0, 0.1) is 6.92 Å². The summed E-state index contributed by atoms with van der Waals surface area (Å²) < 4.78 is 0. The van der Waals surface area contributed by atoms with Crippen LogP contribution >= 0.6 is 11.3 Å². The first-order chi connectivity index (χ1) is 11.3. The van der Waals surface area contributed by atoms with Crippen molar-refractivity contribution in [2.45, 2.75) is 6.92 Å². The summed E-state index contributed by atoms with van der Waals surface area (Å²) in [6.45, 7) is 2.07.